The molecule has 1 aromatic carbocycles. The summed E-state index contributed by atoms with van der Waals surface area (Å²) in [7, 11) is 0. The van der Waals surface area contributed by atoms with Crippen LogP contribution in [0, 0.1) is 6.92 Å². The second kappa shape index (κ2) is 7.82. The molecule has 6 heteroatoms. The number of benzene rings is 1. The highest BCUT2D eigenvalue weighted by Crippen LogP contribution is 2.12. The fraction of sp³-hybridized carbons (Fsp3) is 0.438. The third-order valence-corrected chi connectivity index (χ3v) is 3.57. The molecule has 4 N–H and O–H groups in total. The predicted molar refractivity (Wildman–Crippen MR) is 85.4 cm³/mol. The number of aromatic nitrogens is 2. The molecule has 0 aliphatic carbocycles. The van der Waals surface area contributed by atoms with Crippen LogP contribution in [0.3, 0.4) is 0 Å². The third-order valence-electron chi connectivity index (χ3n) is 3.57. The molecule has 0 saturated carbocycles. The molecule has 1 atom stereocenters. The van der Waals surface area contributed by atoms with Gasteiger partial charge >= 0.3 is 5.97 Å². The first kappa shape index (κ1) is 16.3. The maximum Gasteiger partial charge on any atom is 0.320 e. The van der Waals surface area contributed by atoms with Gasteiger partial charge < -0.3 is 16.2 Å². The van der Waals surface area contributed by atoms with Gasteiger partial charge in [-0.2, -0.15) is 0 Å². The summed E-state index contributed by atoms with van der Waals surface area (Å²) in [4.78, 5) is 19.8. The molecule has 2 aromatic rings. The standard InChI is InChI=1S/C16H22N4O2/c1-11-15(20-14-8-3-2-7-13(14)19-11)10-18-9-5-4-6-12(17)16(21)22/h2-3,7-8,12,18H,4-6,9-10,17H2,1H3,(H,21,22)/t12-/m0/s1. The quantitative estimate of drug-likeness (QED) is 0.640. The first-order valence-electron chi connectivity index (χ1n) is 7.49. The Morgan fingerprint density at radius 2 is 1.95 bits per heavy atom. The zero-order valence-electron chi connectivity index (χ0n) is 12.7. The summed E-state index contributed by atoms with van der Waals surface area (Å²) in [5.41, 5.74) is 9.14. The molecule has 0 amide bonds. The number of nitrogens with two attached hydrogens (primary N) is 1. The number of hydrogen-bond donors (Lipinski definition) is 3. The van der Waals surface area contributed by atoms with Gasteiger partial charge in [-0.3, -0.25) is 4.79 Å². The molecule has 0 aliphatic heterocycles. The van der Waals surface area contributed by atoms with Gasteiger partial charge in [0, 0.05) is 6.54 Å². The lowest BCUT2D eigenvalue weighted by Crippen LogP contribution is -2.30. The van der Waals surface area contributed by atoms with Crippen LogP contribution < -0.4 is 11.1 Å². The molecule has 0 radical (unpaired) electrons. The number of unbranched alkanes of at least 4 members (excludes halogenated alkanes) is 1. The largest absolute Gasteiger partial charge is 0.480 e. The van der Waals surface area contributed by atoms with Crippen molar-refractivity contribution in [2.24, 2.45) is 5.73 Å². The van der Waals surface area contributed by atoms with E-state index in [2.05, 4.69) is 15.3 Å². The van der Waals surface area contributed by atoms with E-state index in [4.69, 9.17) is 10.8 Å². The number of aryl methyl sites for hydroxylation is 1. The minimum absolute atomic E-state index is 0.506. The number of para-hydroxylation sites is 2. The molecule has 0 aliphatic rings. The van der Waals surface area contributed by atoms with E-state index in [1.165, 1.54) is 0 Å². The van der Waals surface area contributed by atoms with Gasteiger partial charge in [-0.05, 0) is 38.4 Å². The average molecular weight is 302 g/mol. The summed E-state index contributed by atoms with van der Waals surface area (Å²) >= 11 is 0. The predicted octanol–water partition coefficient (Wildman–Crippen LogP) is 1.61. The fourth-order valence-electron chi connectivity index (χ4n) is 2.24. The summed E-state index contributed by atoms with van der Waals surface area (Å²) in [5, 5.41) is 12.0. The van der Waals surface area contributed by atoms with Crippen molar-refractivity contribution in [2.75, 3.05) is 6.54 Å². The van der Waals surface area contributed by atoms with E-state index >= 15 is 0 Å². The molecule has 0 saturated heterocycles. The molecule has 0 bridgehead atoms. The Kier molecular flexibility index (Phi) is 5.80. The third kappa shape index (κ3) is 4.47. The maximum absolute atomic E-state index is 10.6. The Balaban J connectivity index is 1.77. The van der Waals surface area contributed by atoms with E-state index in [-0.39, 0.29) is 0 Å². The van der Waals surface area contributed by atoms with Crippen LogP contribution >= 0.6 is 0 Å². The van der Waals surface area contributed by atoms with Crippen LogP contribution in [0.25, 0.3) is 11.0 Å². The van der Waals surface area contributed by atoms with Crippen molar-refractivity contribution in [2.45, 2.75) is 38.8 Å². The van der Waals surface area contributed by atoms with E-state index in [0.717, 1.165) is 41.8 Å². The van der Waals surface area contributed by atoms with E-state index in [1.807, 2.05) is 31.2 Å². The van der Waals surface area contributed by atoms with Crippen molar-refractivity contribution in [1.82, 2.24) is 15.3 Å². The van der Waals surface area contributed by atoms with Crippen LogP contribution in [-0.4, -0.2) is 33.6 Å². The minimum Gasteiger partial charge on any atom is -0.480 e. The van der Waals surface area contributed by atoms with Gasteiger partial charge in [0.2, 0.25) is 0 Å². The maximum atomic E-state index is 10.6. The topological polar surface area (TPSA) is 101 Å². The first-order chi connectivity index (χ1) is 10.6. The molecule has 6 nitrogen and oxygen atoms in total. The molecule has 0 fully saturated rings. The minimum atomic E-state index is -0.935. The molecule has 2 rings (SSSR count). The zero-order valence-corrected chi connectivity index (χ0v) is 12.7. The molecular weight excluding hydrogens is 280 g/mol. The number of carboxylic acids is 1. The van der Waals surface area contributed by atoms with Crippen molar-refractivity contribution in [3.63, 3.8) is 0 Å². The van der Waals surface area contributed by atoms with Crippen molar-refractivity contribution >= 4 is 17.0 Å². The lowest BCUT2D eigenvalue weighted by atomic mass is 10.1. The summed E-state index contributed by atoms with van der Waals surface area (Å²) < 4.78 is 0. The van der Waals surface area contributed by atoms with Crippen LogP contribution in [0.5, 0.6) is 0 Å². The van der Waals surface area contributed by atoms with E-state index < -0.39 is 12.0 Å². The van der Waals surface area contributed by atoms with E-state index in [1.54, 1.807) is 0 Å². The highest BCUT2D eigenvalue weighted by Gasteiger charge is 2.10. The van der Waals surface area contributed by atoms with Crippen molar-refractivity contribution in [1.29, 1.82) is 0 Å². The van der Waals surface area contributed by atoms with Gasteiger partial charge in [0.15, 0.2) is 0 Å². The van der Waals surface area contributed by atoms with Crippen LogP contribution in [0.2, 0.25) is 0 Å². The monoisotopic (exact) mass is 302 g/mol. The second-order valence-corrected chi connectivity index (χ2v) is 5.36. The van der Waals surface area contributed by atoms with Gasteiger partial charge in [0.25, 0.3) is 0 Å². The lowest BCUT2D eigenvalue weighted by molar-refractivity contribution is -0.138. The summed E-state index contributed by atoms with van der Waals surface area (Å²) in [6, 6.07) is 7.07. The number of carbonyl (C=O) groups is 1. The molecule has 22 heavy (non-hydrogen) atoms. The number of fused-ring (bicyclic) bond motifs is 1. The molecule has 1 heterocycles. The van der Waals surface area contributed by atoms with Crippen LogP contribution in [0.1, 0.15) is 30.7 Å². The van der Waals surface area contributed by atoms with Crippen molar-refractivity contribution < 1.29 is 9.90 Å². The summed E-state index contributed by atoms with van der Waals surface area (Å²) in [5.74, 6) is -0.935. The number of carboxylic acid groups (broad SMARTS) is 1. The summed E-state index contributed by atoms with van der Waals surface area (Å²) in [6.07, 6.45) is 2.19. The Morgan fingerprint density at radius 1 is 1.27 bits per heavy atom. The normalized spacial score (nSPS) is 12.5. The average Bonchev–Trinajstić information content (AvgIpc) is 2.50. The van der Waals surface area contributed by atoms with Gasteiger partial charge in [0.1, 0.15) is 6.04 Å². The SMILES string of the molecule is Cc1nc2ccccc2nc1CNCCCC[C@H](N)C(=O)O. The highest BCUT2D eigenvalue weighted by atomic mass is 16.4. The van der Waals surface area contributed by atoms with Crippen LogP contribution in [0.4, 0.5) is 0 Å². The number of rotatable bonds is 8. The Labute approximate surface area is 129 Å². The Morgan fingerprint density at radius 3 is 2.64 bits per heavy atom. The smallest absolute Gasteiger partial charge is 0.320 e. The van der Waals surface area contributed by atoms with Crippen LogP contribution in [0.15, 0.2) is 24.3 Å². The van der Waals surface area contributed by atoms with Crippen molar-refractivity contribution in [3.05, 3.63) is 35.7 Å². The van der Waals surface area contributed by atoms with Gasteiger partial charge in [-0.15, -0.1) is 0 Å². The first-order valence-corrected chi connectivity index (χ1v) is 7.49. The second-order valence-electron chi connectivity index (χ2n) is 5.36. The number of aliphatic carboxylic acids is 1. The molecule has 0 unspecified atom stereocenters. The number of nitrogens with one attached hydrogen (secondary N) is 1. The Bertz CT molecular complexity index is 645. The van der Waals surface area contributed by atoms with E-state index in [9.17, 15) is 4.79 Å². The van der Waals surface area contributed by atoms with Gasteiger partial charge in [0.05, 0.1) is 22.4 Å². The summed E-state index contributed by atoms with van der Waals surface area (Å²) in [6.45, 7) is 3.43. The Hall–Kier alpha value is -2.05. The lowest BCUT2D eigenvalue weighted by Gasteiger charge is -2.09. The van der Waals surface area contributed by atoms with Gasteiger partial charge in [-0.25, -0.2) is 9.97 Å². The fourth-order valence-corrected chi connectivity index (χ4v) is 2.24. The number of nitrogens with zero attached hydrogens (tertiary/aromatic N) is 2. The molecule has 0 spiro atoms. The van der Waals surface area contributed by atoms with E-state index in [0.29, 0.717) is 13.0 Å². The van der Waals surface area contributed by atoms with Gasteiger partial charge in [-0.1, -0.05) is 18.6 Å². The molecule has 118 valence electrons. The highest BCUT2D eigenvalue weighted by molar-refractivity contribution is 5.74. The van der Waals surface area contributed by atoms with Crippen LogP contribution in [-0.2, 0) is 11.3 Å². The zero-order chi connectivity index (χ0) is 15.9. The molecular formula is C16H22N4O2. The van der Waals surface area contributed by atoms with Crippen molar-refractivity contribution in [3.8, 4) is 0 Å². The number of hydrogen-bond acceptors (Lipinski definition) is 5. The molecule has 1 aromatic heterocycles.